The molecule has 0 bridgehead atoms. The second kappa shape index (κ2) is 14.4. The Morgan fingerprint density at radius 2 is 1.69 bits per heavy atom. The highest BCUT2D eigenvalue weighted by atomic mass is 16.7. The Labute approximate surface area is 229 Å². The first-order valence-corrected chi connectivity index (χ1v) is 13.6. The minimum Gasteiger partial charge on any atom is -0.481 e. The smallest absolute Gasteiger partial charge is 0.371 e. The number of hydrogen-bond donors (Lipinski definition) is 5. The SMILES string of the molecule is CCCCCC/C=C/[C@H]1CCC[C@@H]1C/C=C\C(C)(CC(=O)O)C(O)(OC(=O)c1ccccc1)C(O)(O)C(=O)O. The van der Waals surface area contributed by atoms with Crippen molar-refractivity contribution in [2.45, 2.75) is 89.6 Å². The van der Waals surface area contributed by atoms with E-state index in [-0.39, 0.29) is 11.5 Å². The number of carbonyl (C=O) groups excluding carboxylic acids is 1. The van der Waals surface area contributed by atoms with E-state index in [2.05, 4.69) is 19.1 Å². The minimum atomic E-state index is -4.03. The average molecular weight is 547 g/mol. The van der Waals surface area contributed by atoms with Crippen LogP contribution < -0.4 is 0 Å². The molecule has 2 unspecified atom stereocenters. The van der Waals surface area contributed by atoms with Gasteiger partial charge in [-0.15, -0.1) is 0 Å². The van der Waals surface area contributed by atoms with E-state index in [0.717, 1.165) is 39.0 Å². The van der Waals surface area contributed by atoms with Crippen LogP contribution in [0.3, 0.4) is 0 Å². The Hall–Kier alpha value is -3.01. The predicted molar refractivity (Wildman–Crippen MR) is 144 cm³/mol. The summed E-state index contributed by atoms with van der Waals surface area (Å²) in [4.78, 5) is 36.4. The molecule has 1 aromatic carbocycles. The van der Waals surface area contributed by atoms with Crippen molar-refractivity contribution in [3.63, 3.8) is 0 Å². The van der Waals surface area contributed by atoms with Crippen molar-refractivity contribution < 1.29 is 44.7 Å². The van der Waals surface area contributed by atoms with E-state index in [9.17, 15) is 39.9 Å². The number of esters is 1. The lowest BCUT2D eigenvalue weighted by Gasteiger charge is -2.45. The molecule has 0 spiro atoms. The fourth-order valence-corrected chi connectivity index (χ4v) is 5.18. The van der Waals surface area contributed by atoms with E-state index < -0.39 is 41.3 Å². The molecule has 2 rings (SSSR count). The molecule has 9 nitrogen and oxygen atoms in total. The molecule has 0 aromatic heterocycles. The number of allylic oxidation sites excluding steroid dienone is 3. The normalized spacial score (nSPS) is 21.1. The van der Waals surface area contributed by atoms with Crippen LogP contribution in [0.1, 0.15) is 88.4 Å². The average Bonchev–Trinajstić information content (AvgIpc) is 3.32. The second-order valence-corrected chi connectivity index (χ2v) is 10.6. The number of carboxylic acids is 2. The van der Waals surface area contributed by atoms with Crippen molar-refractivity contribution in [1.82, 2.24) is 0 Å². The number of rotatable bonds is 16. The van der Waals surface area contributed by atoms with E-state index in [1.807, 2.05) is 0 Å². The van der Waals surface area contributed by atoms with Crippen LogP contribution in [0, 0.1) is 17.3 Å². The molecular weight excluding hydrogens is 504 g/mol. The van der Waals surface area contributed by atoms with Crippen LogP contribution in [0.25, 0.3) is 0 Å². The summed E-state index contributed by atoms with van der Waals surface area (Å²) in [5.74, 6) is -12.0. The Kier molecular flexibility index (Phi) is 11.9. The third kappa shape index (κ3) is 8.24. The first-order valence-electron chi connectivity index (χ1n) is 13.6. The third-order valence-electron chi connectivity index (χ3n) is 7.56. The van der Waals surface area contributed by atoms with Crippen molar-refractivity contribution >= 4 is 17.9 Å². The number of carbonyl (C=O) groups is 3. The van der Waals surface area contributed by atoms with Crippen LogP contribution >= 0.6 is 0 Å². The van der Waals surface area contributed by atoms with Gasteiger partial charge < -0.3 is 30.3 Å². The van der Waals surface area contributed by atoms with E-state index in [0.29, 0.717) is 12.3 Å². The molecule has 216 valence electrons. The first-order chi connectivity index (χ1) is 18.4. The minimum absolute atomic E-state index is 0.103. The Morgan fingerprint density at radius 1 is 1.00 bits per heavy atom. The van der Waals surface area contributed by atoms with Crippen LogP contribution in [0.2, 0.25) is 0 Å². The maximum absolute atomic E-state index is 12.8. The van der Waals surface area contributed by atoms with Gasteiger partial charge in [0.05, 0.1) is 17.4 Å². The van der Waals surface area contributed by atoms with Crippen molar-refractivity contribution in [3.8, 4) is 0 Å². The Morgan fingerprint density at radius 3 is 2.31 bits per heavy atom. The van der Waals surface area contributed by atoms with Gasteiger partial charge in [-0.25, -0.2) is 9.59 Å². The lowest BCUT2D eigenvalue weighted by molar-refractivity contribution is -0.371. The largest absolute Gasteiger partial charge is 0.481 e. The molecular formula is C30H42O9. The maximum atomic E-state index is 12.8. The van der Waals surface area contributed by atoms with E-state index >= 15 is 0 Å². The van der Waals surface area contributed by atoms with Gasteiger partial charge in [-0.05, 0) is 63.0 Å². The van der Waals surface area contributed by atoms with Crippen LogP contribution in [0.4, 0.5) is 0 Å². The van der Waals surface area contributed by atoms with Crippen LogP contribution in [-0.4, -0.2) is 55.0 Å². The van der Waals surface area contributed by atoms with Gasteiger partial charge in [0, 0.05) is 0 Å². The zero-order chi connectivity index (χ0) is 29.1. The number of benzene rings is 1. The van der Waals surface area contributed by atoms with Crippen LogP contribution in [0.15, 0.2) is 54.6 Å². The molecule has 4 atom stereocenters. The summed E-state index contributed by atoms with van der Waals surface area (Å²) in [5, 5.41) is 51.5. The number of hydrogen-bond acceptors (Lipinski definition) is 7. The van der Waals surface area contributed by atoms with Gasteiger partial charge in [0.15, 0.2) is 0 Å². The third-order valence-corrected chi connectivity index (χ3v) is 7.56. The first kappa shape index (κ1) is 32.2. The fraction of sp³-hybridized carbons (Fsp3) is 0.567. The molecule has 0 heterocycles. The molecule has 0 radical (unpaired) electrons. The van der Waals surface area contributed by atoms with E-state index in [1.165, 1.54) is 49.6 Å². The Balaban J connectivity index is 2.31. The molecule has 0 amide bonds. The lowest BCUT2D eigenvalue weighted by atomic mass is 9.73. The summed E-state index contributed by atoms with van der Waals surface area (Å²) in [6.45, 7) is 3.28. The van der Waals surface area contributed by atoms with Crippen molar-refractivity contribution in [3.05, 3.63) is 60.2 Å². The number of ether oxygens (including phenoxy) is 1. The van der Waals surface area contributed by atoms with Crippen LogP contribution in [-0.2, 0) is 14.3 Å². The lowest BCUT2D eigenvalue weighted by Crippen LogP contribution is -2.68. The molecule has 0 aliphatic heterocycles. The highest BCUT2D eigenvalue weighted by Crippen LogP contribution is 2.45. The van der Waals surface area contributed by atoms with E-state index in [1.54, 1.807) is 12.1 Å². The number of aliphatic carboxylic acids is 2. The summed E-state index contributed by atoms with van der Waals surface area (Å²) < 4.78 is 5.06. The topological polar surface area (TPSA) is 162 Å². The van der Waals surface area contributed by atoms with Gasteiger partial charge in [-0.3, -0.25) is 4.79 Å². The number of unbranched alkanes of at least 4 members (excludes halogenated alkanes) is 4. The summed E-state index contributed by atoms with van der Waals surface area (Å²) in [6, 6.07) is 7.24. The zero-order valence-corrected chi connectivity index (χ0v) is 22.8. The summed E-state index contributed by atoms with van der Waals surface area (Å²) in [5.41, 5.74) is -2.33. The van der Waals surface area contributed by atoms with Gasteiger partial charge in [0.25, 0.3) is 5.79 Å². The Bertz CT molecular complexity index is 1020. The van der Waals surface area contributed by atoms with Crippen molar-refractivity contribution in [2.75, 3.05) is 0 Å². The molecule has 0 saturated heterocycles. The highest BCUT2D eigenvalue weighted by molar-refractivity contribution is 5.90. The van der Waals surface area contributed by atoms with Gasteiger partial charge in [0.1, 0.15) is 0 Å². The zero-order valence-electron chi connectivity index (χ0n) is 22.8. The summed E-state index contributed by atoms with van der Waals surface area (Å²) >= 11 is 0. The molecule has 1 aromatic rings. The van der Waals surface area contributed by atoms with E-state index in [4.69, 9.17) is 4.74 Å². The summed E-state index contributed by atoms with van der Waals surface area (Å²) in [7, 11) is 0. The van der Waals surface area contributed by atoms with Gasteiger partial charge in [-0.2, -0.15) is 0 Å². The molecule has 9 heteroatoms. The monoisotopic (exact) mass is 546 g/mol. The second-order valence-electron chi connectivity index (χ2n) is 10.6. The molecule has 1 fully saturated rings. The molecule has 1 aliphatic carbocycles. The molecule has 39 heavy (non-hydrogen) atoms. The van der Waals surface area contributed by atoms with Gasteiger partial charge >= 0.3 is 23.7 Å². The van der Waals surface area contributed by atoms with Crippen molar-refractivity contribution in [2.24, 2.45) is 17.3 Å². The fourth-order valence-electron chi connectivity index (χ4n) is 5.18. The van der Waals surface area contributed by atoms with Gasteiger partial charge in [-0.1, -0.05) is 75.1 Å². The van der Waals surface area contributed by atoms with Crippen LogP contribution in [0.5, 0.6) is 0 Å². The maximum Gasteiger partial charge on any atom is 0.371 e. The molecule has 1 saturated carbocycles. The van der Waals surface area contributed by atoms with Crippen molar-refractivity contribution in [1.29, 1.82) is 0 Å². The number of aliphatic hydroxyl groups is 3. The summed E-state index contributed by atoms with van der Waals surface area (Å²) in [6.07, 6.45) is 15.5. The van der Waals surface area contributed by atoms with Gasteiger partial charge in [0.2, 0.25) is 0 Å². The molecule has 5 N–H and O–H groups in total. The standard InChI is InChI=1S/C30H42O9/c1-3-4-5-6-7-9-14-22-17-12-18-23(22)19-13-20-28(2,21-25(31)32)30(38,29(36,37)27(34)35)39-26(33)24-15-10-8-11-16-24/h8-11,13-16,20,22-23,36-38H,3-7,12,17-19,21H2,1-2H3,(H,31,32)(H,34,35)/b14-9+,20-13-/t22-,23+,28?,30?/m0/s1. The quantitative estimate of drug-likeness (QED) is 0.0858. The number of carboxylic acid groups (broad SMARTS) is 2. The highest BCUT2D eigenvalue weighted by Gasteiger charge is 2.67. The predicted octanol–water partition coefficient (Wildman–Crippen LogP) is 4.67. The molecule has 1 aliphatic rings.